The Balaban J connectivity index is 1.78. The molecule has 1 fully saturated rings. The number of carbonyl (C=O) groups is 1. The lowest BCUT2D eigenvalue weighted by Crippen LogP contribution is -2.36. The van der Waals surface area contributed by atoms with Gasteiger partial charge < -0.3 is 14.2 Å². The molecule has 22 heavy (non-hydrogen) atoms. The molecule has 116 valence electrons. The van der Waals surface area contributed by atoms with E-state index in [4.69, 9.17) is 4.74 Å². The van der Waals surface area contributed by atoms with E-state index in [9.17, 15) is 9.59 Å². The molecule has 2 aromatic heterocycles. The van der Waals surface area contributed by atoms with Crippen LogP contribution < -0.4 is 10.3 Å². The van der Waals surface area contributed by atoms with Crippen molar-refractivity contribution in [1.82, 2.24) is 14.5 Å². The summed E-state index contributed by atoms with van der Waals surface area (Å²) in [5.41, 5.74) is -0.289. The van der Waals surface area contributed by atoms with Crippen molar-refractivity contribution in [1.29, 1.82) is 0 Å². The molecule has 0 aromatic carbocycles. The summed E-state index contributed by atoms with van der Waals surface area (Å²) in [5.74, 6) is 0.182. The highest BCUT2D eigenvalue weighted by molar-refractivity contribution is 7.09. The lowest BCUT2D eigenvalue weighted by Gasteiger charge is -2.23. The van der Waals surface area contributed by atoms with Crippen molar-refractivity contribution in [3.8, 4) is 5.75 Å². The van der Waals surface area contributed by atoms with Crippen LogP contribution >= 0.6 is 11.3 Å². The molecule has 1 amide bonds. The van der Waals surface area contributed by atoms with Gasteiger partial charge in [0.1, 0.15) is 11.6 Å². The van der Waals surface area contributed by atoms with E-state index in [0.29, 0.717) is 6.54 Å². The maximum absolute atomic E-state index is 12.6. The van der Waals surface area contributed by atoms with Crippen molar-refractivity contribution in [2.24, 2.45) is 0 Å². The van der Waals surface area contributed by atoms with E-state index in [1.165, 1.54) is 11.7 Å². The minimum Gasteiger partial charge on any atom is -0.491 e. The van der Waals surface area contributed by atoms with Crippen molar-refractivity contribution in [3.05, 3.63) is 45.3 Å². The molecule has 0 bridgehead atoms. The van der Waals surface area contributed by atoms with Crippen molar-refractivity contribution in [2.45, 2.75) is 25.4 Å². The number of aromatic nitrogens is 2. The van der Waals surface area contributed by atoms with Crippen LogP contribution in [0.4, 0.5) is 0 Å². The first-order valence-corrected chi connectivity index (χ1v) is 8.01. The predicted molar refractivity (Wildman–Crippen MR) is 83.1 cm³/mol. The van der Waals surface area contributed by atoms with Gasteiger partial charge in [0.25, 0.3) is 5.56 Å². The van der Waals surface area contributed by atoms with Crippen molar-refractivity contribution in [2.75, 3.05) is 13.7 Å². The maximum atomic E-state index is 12.6. The number of thiazole rings is 1. The normalized spacial score (nSPS) is 17.7. The smallest absolute Gasteiger partial charge is 0.293 e. The summed E-state index contributed by atoms with van der Waals surface area (Å²) >= 11 is 1.56. The fourth-order valence-electron chi connectivity index (χ4n) is 2.75. The Labute approximate surface area is 132 Å². The number of ether oxygens (including phenoxy) is 1. The Hall–Kier alpha value is -2.15. The first kappa shape index (κ1) is 14.8. The molecule has 3 rings (SSSR count). The van der Waals surface area contributed by atoms with E-state index >= 15 is 0 Å². The summed E-state index contributed by atoms with van der Waals surface area (Å²) in [6.45, 7) is 0.736. The van der Waals surface area contributed by atoms with Gasteiger partial charge in [-0.25, -0.2) is 4.98 Å². The molecule has 3 heterocycles. The fraction of sp³-hybridized carbons (Fsp3) is 0.400. The summed E-state index contributed by atoms with van der Waals surface area (Å²) in [4.78, 5) is 30.8. The number of amides is 1. The molecule has 0 aliphatic carbocycles. The van der Waals surface area contributed by atoms with Gasteiger partial charge in [-0.1, -0.05) is 0 Å². The van der Waals surface area contributed by atoms with E-state index in [1.54, 1.807) is 35.9 Å². The van der Waals surface area contributed by atoms with Crippen LogP contribution in [-0.2, 0) is 11.3 Å². The monoisotopic (exact) mass is 319 g/mol. The van der Waals surface area contributed by atoms with Gasteiger partial charge in [-0.3, -0.25) is 9.59 Å². The van der Waals surface area contributed by atoms with Gasteiger partial charge in [-0.2, -0.15) is 0 Å². The average molecular weight is 319 g/mol. The van der Waals surface area contributed by atoms with Crippen LogP contribution in [0.1, 0.15) is 23.9 Å². The molecule has 0 N–H and O–H groups in total. The Kier molecular flexibility index (Phi) is 4.24. The number of likely N-dealkylation sites (tertiary alicyclic amines) is 1. The summed E-state index contributed by atoms with van der Waals surface area (Å²) in [5, 5.41) is 2.88. The maximum Gasteiger partial charge on any atom is 0.293 e. The number of rotatable bonds is 4. The number of methoxy groups -OCH3 is 1. The molecular weight excluding hydrogens is 302 g/mol. The van der Waals surface area contributed by atoms with E-state index in [2.05, 4.69) is 4.98 Å². The summed E-state index contributed by atoms with van der Waals surface area (Å²) in [6, 6.07) is 3.33. The molecular formula is C15H17N3O3S. The highest BCUT2D eigenvalue weighted by Crippen LogP contribution is 2.33. The van der Waals surface area contributed by atoms with Crippen molar-refractivity contribution in [3.63, 3.8) is 0 Å². The molecule has 0 spiro atoms. The van der Waals surface area contributed by atoms with Gasteiger partial charge in [0, 0.05) is 24.3 Å². The Morgan fingerprint density at radius 2 is 2.41 bits per heavy atom. The molecule has 0 unspecified atom stereocenters. The second-order valence-corrected chi connectivity index (χ2v) is 6.05. The van der Waals surface area contributed by atoms with Crippen LogP contribution in [0, 0.1) is 0 Å². The predicted octanol–water partition coefficient (Wildman–Crippen LogP) is 1.68. The van der Waals surface area contributed by atoms with Crippen LogP contribution in [0.5, 0.6) is 5.75 Å². The first-order valence-electron chi connectivity index (χ1n) is 7.13. The largest absolute Gasteiger partial charge is 0.491 e. The molecule has 0 saturated carbocycles. The van der Waals surface area contributed by atoms with E-state index < -0.39 is 0 Å². The minimum absolute atomic E-state index is 0.0257. The van der Waals surface area contributed by atoms with Gasteiger partial charge in [-0.15, -0.1) is 11.3 Å². The number of hydrogen-bond acceptors (Lipinski definition) is 5. The molecule has 0 radical (unpaired) electrons. The van der Waals surface area contributed by atoms with Gasteiger partial charge in [0.2, 0.25) is 5.91 Å². The van der Waals surface area contributed by atoms with Crippen LogP contribution in [0.2, 0.25) is 0 Å². The summed E-state index contributed by atoms with van der Waals surface area (Å²) in [6.07, 6.45) is 5.25. The number of hydrogen-bond donors (Lipinski definition) is 0. The second-order valence-electron chi connectivity index (χ2n) is 5.13. The lowest BCUT2D eigenvalue weighted by molar-refractivity contribution is -0.132. The molecule has 7 heteroatoms. The molecule has 6 nitrogen and oxygen atoms in total. The van der Waals surface area contributed by atoms with Crippen LogP contribution in [0.3, 0.4) is 0 Å². The van der Waals surface area contributed by atoms with Crippen LogP contribution in [0.15, 0.2) is 34.7 Å². The highest BCUT2D eigenvalue weighted by atomic mass is 32.1. The van der Waals surface area contributed by atoms with Crippen LogP contribution in [-0.4, -0.2) is 34.0 Å². The van der Waals surface area contributed by atoms with Gasteiger partial charge in [0.15, 0.2) is 5.75 Å². The third-order valence-corrected chi connectivity index (χ3v) is 4.70. The van der Waals surface area contributed by atoms with E-state index in [1.807, 2.05) is 10.3 Å². The average Bonchev–Trinajstić information content (AvgIpc) is 3.19. The topological polar surface area (TPSA) is 64.4 Å². The summed E-state index contributed by atoms with van der Waals surface area (Å²) in [7, 11) is 1.45. The Morgan fingerprint density at radius 1 is 1.55 bits per heavy atom. The third kappa shape index (κ3) is 2.76. The van der Waals surface area contributed by atoms with Gasteiger partial charge >= 0.3 is 0 Å². The third-order valence-electron chi connectivity index (χ3n) is 3.82. The van der Waals surface area contributed by atoms with Crippen LogP contribution in [0.25, 0.3) is 0 Å². The number of carbonyl (C=O) groups excluding carboxylic acids is 1. The zero-order chi connectivity index (χ0) is 15.5. The molecule has 1 aliphatic heterocycles. The zero-order valence-corrected chi connectivity index (χ0v) is 13.1. The van der Waals surface area contributed by atoms with E-state index in [0.717, 1.165) is 17.8 Å². The molecule has 1 saturated heterocycles. The zero-order valence-electron chi connectivity index (χ0n) is 12.3. The van der Waals surface area contributed by atoms with Gasteiger partial charge in [0.05, 0.1) is 13.2 Å². The second kappa shape index (κ2) is 6.31. The SMILES string of the molecule is COc1cccn(CC(=O)N2CCC[C@H]2c2nccs2)c1=O. The highest BCUT2D eigenvalue weighted by Gasteiger charge is 2.31. The molecule has 1 aliphatic rings. The lowest BCUT2D eigenvalue weighted by atomic mass is 10.2. The number of pyridine rings is 1. The van der Waals surface area contributed by atoms with Crippen molar-refractivity contribution >= 4 is 17.2 Å². The minimum atomic E-state index is -0.289. The van der Waals surface area contributed by atoms with Crippen molar-refractivity contribution < 1.29 is 9.53 Å². The first-order chi connectivity index (χ1) is 10.7. The number of nitrogens with zero attached hydrogens (tertiary/aromatic N) is 3. The van der Waals surface area contributed by atoms with Gasteiger partial charge in [-0.05, 0) is 25.0 Å². The molecule has 1 atom stereocenters. The quantitative estimate of drug-likeness (QED) is 0.860. The molecule has 2 aromatic rings. The Bertz CT molecular complexity index is 711. The van der Waals surface area contributed by atoms with E-state index in [-0.39, 0.29) is 29.8 Å². The standard InChI is InChI=1S/C15H17N3O3S/c1-21-12-5-3-7-17(15(12)20)10-13(19)18-8-2-4-11(18)14-16-6-9-22-14/h3,5-7,9,11H,2,4,8,10H2,1H3/t11-/m0/s1. The summed E-state index contributed by atoms with van der Waals surface area (Å²) < 4.78 is 6.39. The Morgan fingerprint density at radius 3 is 3.14 bits per heavy atom. The fourth-order valence-corrected chi connectivity index (χ4v) is 3.54.